The highest BCUT2D eigenvalue weighted by Gasteiger charge is 2.23. The number of fused-ring (bicyclic) bond motifs is 2. The van der Waals surface area contributed by atoms with Crippen molar-refractivity contribution < 1.29 is 23.9 Å². The molecule has 33 heavy (non-hydrogen) atoms. The number of nitrogens with zero attached hydrogens (tertiary/aromatic N) is 2. The van der Waals surface area contributed by atoms with E-state index in [1.54, 1.807) is 24.5 Å². The summed E-state index contributed by atoms with van der Waals surface area (Å²) in [6.45, 7) is 5.66. The van der Waals surface area contributed by atoms with Crippen molar-refractivity contribution in [1.29, 1.82) is 0 Å². The number of thiophene rings is 1. The van der Waals surface area contributed by atoms with Crippen molar-refractivity contribution >= 4 is 45.1 Å². The Morgan fingerprint density at radius 3 is 2.73 bits per heavy atom. The van der Waals surface area contributed by atoms with Gasteiger partial charge in [0.05, 0.1) is 28.6 Å². The van der Waals surface area contributed by atoms with E-state index in [1.165, 1.54) is 23.5 Å². The standard InChI is InChI=1S/C23H23N3O6S/c1-4-31-23(30)19-12(2)13(3)33-20(19)25-18(27)11-32-22(29)14-7-8-15-16(10-14)24-17-6-5-9-26(17)21(15)28/h7-8,10H,4-6,9,11H2,1-3H3,(H,25,27). The van der Waals surface area contributed by atoms with Gasteiger partial charge in [0, 0.05) is 17.8 Å². The van der Waals surface area contributed by atoms with Crippen molar-refractivity contribution in [3.05, 3.63) is 55.9 Å². The third-order valence-corrected chi connectivity index (χ3v) is 6.63. The Morgan fingerprint density at radius 2 is 1.97 bits per heavy atom. The van der Waals surface area contributed by atoms with Crippen LogP contribution >= 0.6 is 11.3 Å². The third-order valence-electron chi connectivity index (χ3n) is 5.50. The normalized spacial score (nSPS) is 12.5. The molecule has 1 N–H and O–H groups in total. The number of hydrogen-bond acceptors (Lipinski definition) is 8. The summed E-state index contributed by atoms with van der Waals surface area (Å²) in [4.78, 5) is 55.1. The summed E-state index contributed by atoms with van der Waals surface area (Å²) >= 11 is 1.25. The number of aryl methyl sites for hydroxylation is 2. The molecule has 4 rings (SSSR count). The molecule has 1 amide bonds. The van der Waals surface area contributed by atoms with Gasteiger partial charge in [-0.1, -0.05) is 0 Å². The van der Waals surface area contributed by atoms with Crippen molar-refractivity contribution in [2.75, 3.05) is 18.5 Å². The summed E-state index contributed by atoms with van der Waals surface area (Å²) in [5.74, 6) is -1.10. The average Bonchev–Trinajstić information content (AvgIpc) is 3.36. The largest absolute Gasteiger partial charge is 0.462 e. The third kappa shape index (κ3) is 4.38. The molecule has 0 atom stereocenters. The van der Waals surface area contributed by atoms with Crippen LogP contribution in [0.25, 0.3) is 10.9 Å². The first-order valence-corrected chi connectivity index (χ1v) is 11.4. The predicted molar refractivity (Wildman–Crippen MR) is 123 cm³/mol. The van der Waals surface area contributed by atoms with Crippen LogP contribution in [-0.4, -0.2) is 40.6 Å². The zero-order valence-corrected chi connectivity index (χ0v) is 19.3. The summed E-state index contributed by atoms with van der Waals surface area (Å²) in [5.41, 5.74) is 1.54. The Hall–Kier alpha value is -3.53. The maximum atomic E-state index is 12.6. The molecule has 0 unspecified atom stereocenters. The Kier molecular flexibility index (Phi) is 6.28. The van der Waals surface area contributed by atoms with E-state index in [9.17, 15) is 19.2 Å². The van der Waals surface area contributed by atoms with Crippen LogP contribution in [0.4, 0.5) is 5.00 Å². The highest BCUT2D eigenvalue weighted by molar-refractivity contribution is 7.16. The van der Waals surface area contributed by atoms with E-state index in [4.69, 9.17) is 9.47 Å². The summed E-state index contributed by atoms with van der Waals surface area (Å²) < 4.78 is 11.9. The molecule has 0 spiro atoms. The number of esters is 2. The molecule has 0 saturated heterocycles. The Bertz CT molecular complexity index is 1340. The fourth-order valence-electron chi connectivity index (χ4n) is 3.75. The van der Waals surface area contributed by atoms with E-state index in [0.717, 1.165) is 23.3 Å². The SMILES string of the molecule is CCOC(=O)c1c(NC(=O)COC(=O)c2ccc3c(=O)n4c(nc3c2)CCC4)sc(C)c1C. The first kappa shape index (κ1) is 22.7. The van der Waals surface area contributed by atoms with Crippen LogP contribution in [-0.2, 0) is 27.2 Å². The number of nitrogens with one attached hydrogen (secondary N) is 1. The van der Waals surface area contributed by atoms with Crippen LogP contribution in [0.3, 0.4) is 0 Å². The Balaban J connectivity index is 1.45. The Morgan fingerprint density at radius 1 is 1.18 bits per heavy atom. The number of carbonyl (C=O) groups excluding carboxylic acids is 3. The molecular formula is C23H23N3O6S. The van der Waals surface area contributed by atoms with Crippen LogP contribution < -0.4 is 10.9 Å². The molecule has 0 aliphatic carbocycles. The highest BCUT2D eigenvalue weighted by atomic mass is 32.1. The average molecular weight is 470 g/mol. The number of aromatic nitrogens is 2. The minimum atomic E-state index is -0.710. The van der Waals surface area contributed by atoms with Gasteiger partial charge < -0.3 is 14.8 Å². The van der Waals surface area contributed by atoms with E-state index in [2.05, 4.69) is 10.3 Å². The van der Waals surface area contributed by atoms with E-state index in [1.807, 2.05) is 6.92 Å². The second-order valence-corrected chi connectivity index (χ2v) is 8.88. The molecule has 0 fully saturated rings. The lowest BCUT2D eigenvalue weighted by Gasteiger charge is -2.09. The number of amides is 1. The lowest BCUT2D eigenvalue weighted by molar-refractivity contribution is -0.119. The fourth-order valence-corrected chi connectivity index (χ4v) is 4.82. The van der Waals surface area contributed by atoms with Crippen LogP contribution in [0.1, 0.15) is 50.3 Å². The van der Waals surface area contributed by atoms with E-state index in [0.29, 0.717) is 33.8 Å². The molecule has 10 heteroatoms. The van der Waals surface area contributed by atoms with Crippen LogP contribution in [0.5, 0.6) is 0 Å². The molecule has 172 valence electrons. The molecule has 1 aromatic carbocycles. The number of hydrogen-bond donors (Lipinski definition) is 1. The van der Waals surface area contributed by atoms with Gasteiger partial charge in [-0.3, -0.25) is 14.2 Å². The minimum Gasteiger partial charge on any atom is -0.462 e. The van der Waals surface area contributed by atoms with Gasteiger partial charge in [-0.2, -0.15) is 0 Å². The number of benzene rings is 1. The monoisotopic (exact) mass is 469 g/mol. The van der Waals surface area contributed by atoms with Gasteiger partial charge in [0.15, 0.2) is 6.61 Å². The van der Waals surface area contributed by atoms with Gasteiger partial charge in [0.1, 0.15) is 10.8 Å². The summed E-state index contributed by atoms with van der Waals surface area (Å²) in [6, 6.07) is 4.54. The van der Waals surface area contributed by atoms with Crippen molar-refractivity contribution in [2.24, 2.45) is 0 Å². The van der Waals surface area contributed by atoms with Crippen LogP contribution in [0.2, 0.25) is 0 Å². The molecule has 0 bridgehead atoms. The maximum absolute atomic E-state index is 12.6. The zero-order valence-electron chi connectivity index (χ0n) is 18.5. The zero-order chi connectivity index (χ0) is 23.7. The lowest BCUT2D eigenvalue weighted by atomic mass is 10.1. The summed E-state index contributed by atoms with van der Waals surface area (Å²) in [6.07, 6.45) is 1.58. The molecule has 1 aliphatic heterocycles. The quantitative estimate of drug-likeness (QED) is 0.552. The van der Waals surface area contributed by atoms with E-state index >= 15 is 0 Å². The lowest BCUT2D eigenvalue weighted by Crippen LogP contribution is -2.22. The number of ether oxygens (including phenoxy) is 2. The molecule has 0 saturated carbocycles. The van der Waals surface area contributed by atoms with Crippen LogP contribution in [0.15, 0.2) is 23.0 Å². The second kappa shape index (κ2) is 9.14. The topological polar surface area (TPSA) is 117 Å². The number of rotatable bonds is 6. The predicted octanol–water partition coefficient (Wildman–Crippen LogP) is 2.99. The van der Waals surface area contributed by atoms with Gasteiger partial charge in [-0.25, -0.2) is 14.6 Å². The summed E-state index contributed by atoms with van der Waals surface area (Å²) in [5, 5.41) is 3.42. The maximum Gasteiger partial charge on any atom is 0.341 e. The first-order valence-electron chi connectivity index (χ1n) is 10.6. The van der Waals surface area contributed by atoms with Crippen molar-refractivity contribution in [2.45, 2.75) is 40.2 Å². The fraction of sp³-hybridized carbons (Fsp3) is 0.348. The second-order valence-electron chi connectivity index (χ2n) is 7.65. The molecule has 0 radical (unpaired) electrons. The highest BCUT2D eigenvalue weighted by Crippen LogP contribution is 2.33. The van der Waals surface area contributed by atoms with Crippen molar-refractivity contribution in [1.82, 2.24) is 9.55 Å². The number of anilines is 1. The number of carbonyl (C=O) groups is 3. The summed E-state index contributed by atoms with van der Waals surface area (Å²) in [7, 11) is 0. The van der Waals surface area contributed by atoms with Crippen molar-refractivity contribution in [3.8, 4) is 0 Å². The molecule has 3 aromatic rings. The van der Waals surface area contributed by atoms with Gasteiger partial charge in [-0.15, -0.1) is 11.3 Å². The van der Waals surface area contributed by atoms with E-state index < -0.39 is 24.5 Å². The molecular weight excluding hydrogens is 446 g/mol. The van der Waals surface area contributed by atoms with Gasteiger partial charge in [0.25, 0.3) is 11.5 Å². The Labute approximate surface area is 193 Å². The smallest absolute Gasteiger partial charge is 0.341 e. The minimum absolute atomic E-state index is 0.120. The molecule has 1 aliphatic rings. The van der Waals surface area contributed by atoms with Gasteiger partial charge in [0.2, 0.25) is 0 Å². The van der Waals surface area contributed by atoms with Crippen LogP contribution in [0, 0.1) is 13.8 Å². The molecule has 3 heterocycles. The van der Waals surface area contributed by atoms with Gasteiger partial charge in [-0.05, 0) is 51.0 Å². The first-order chi connectivity index (χ1) is 15.8. The van der Waals surface area contributed by atoms with Crippen molar-refractivity contribution in [3.63, 3.8) is 0 Å². The van der Waals surface area contributed by atoms with Gasteiger partial charge >= 0.3 is 11.9 Å². The molecule has 9 nitrogen and oxygen atoms in total. The van der Waals surface area contributed by atoms with E-state index in [-0.39, 0.29) is 17.7 Å². The molecule has 2 aromatic heterocycles.